The van der Waals surface area contributed by atoms with Crippen molar-refractivity contribution >= 4 is 34.3 Å². The lowest BCUT2D eigenvalue weighted by Gasteiger charge is -2.14. The van der Waals surface area contributed by atoms with Gasteiger partial charge in [0.25, 0.3) is 5.56 Å². The Bertz CT molecular complexity index is 432. The van der Waals surface area contributed by atoms with Gasteiger partial charge in [0, 0.05) is 6.54 Å². The van der Waals surface area contributed by atoms with Gasteiger partial charge in [0.15, 0.2) is 0 Å². The summed E-state index contributed by atoms with van der Waals surface area (Å²) in [6.07, 6.45) is 1.30. The number of H-pyrrole nitrogens is 1. The molecule has 0 bridgehead atoms. The molecule has 3 N–H and O–H groups in total. The molecule has 88 valence electrons. The number of nitrogens with one attached hydrogen (secondary N) is 3. The summed E-state index contributed by atoms with van der Waals surface area (Å²) in [5.41, 5.74) is -0.221. The zero-order valence-electron chi connectivity index (χ0n) is 9.00. The Morgan fingerprint density at radius 2 is 2.38 bits per heavy atom. The van der Waals surface area contributed by atoms with Crippen molar-refractivity contribution in [3.63, 3.8) is 0 Å². The van der Waals surface area contributed by atoms with Gasteiger partial charge >= 0.3 is 0 Å². The molecule has 0 aromatic carbocycles. The van der Waals surface area contributed by atoms with Gasteiger partial charge in [0.05, 0.1) is 6.33 Å². The van der Waals surface area contributed by atoms with Crippen LogP contribution in [0.15, 0.2) is 11.1 Å². The van der Waals surface area contributed by atoms with Gasteiger partial charge < -0.3 is 15.6 Å². The summed E-state index contributed by atoms with van der Waals surface area (Å²) in [6.45, 7) is 4.13. The van der Waals surface area contributed by atoms with Gasteiger partial charge in [-0.05, 0) is 36.4 Å². The van der Waals surface area contributed by atoms with Gasteiger partial charge in [-0.25, -0.2) is 4.98 Å². The van der Waals surface area contributed by atoms with Crippen LogP contribution >= 0.6 is 22.6 Å². The summed E-state index contributed by atoms with van der Waals surface area (Å²) in [7, 11) is 0. The van der Waals surface area contributed by atoms with E-state index in [2.05, 4.69) is 20.6 Å². The lowest BCUT2D eigenvalue weighted by molar-refractivity contribution is -0.121. The van der Waals surface area contributed by atoms with Crippen molar-refractivity contribution in [2.24, 2.45) is 0 Å². The van der Waals surface area contributed by atoms with Gasteiger partial charge in [-0.2, -0.15) is 0 Å². The molecule has 0 aliphatic rings. The third-order valence-electron chi connectivity index (χ3n) is 1.89. The van der Waals surface area contributed by atoms with Crippen LogP contribution in [0.3, 0.4) is 0 Å². The third kappa shape index (κ3) is 3.19. The molecule has 0 saturated carbocycles. The molecule has 16 heavy (non-hydrogen) atoms. The van der Waals surface area contributed by atoms with Crippen molar-refractivity contribution in [1.82, 2.24) is 15.3 Å². The molecule has 1 amide bonds. The zero-order chi connectivity index (χ0) is 12.1. The Morgan fingerprint density at radius 1 is 1.69 bits per heavy atom. The molecule has 7 heteroatoms. The monoisotopic (exact) mass is 336 g/mol. The number of rotatable bonds is 4. The van der Waals surface area contributed by atoms with E-state index in [-0.39, 0.29) is 11.5 Å². The van der Waals surface area contributed by atoms with Crippen LogP contribution in [0.5, 0.6) is 0 Å². The SMILES string of the molecule is CCNC(=O)C(C)Nc1nc[nH]c(=O)c1I. The van der Waals surface area contributed by atoms with E-state index < -0.39 is 6.04 Å². The van der Waals surface area contributed by atoms with E-state index >= 15 is 0 Å². The highest BCUT2D eigenvalue weighted by molar-refractivity contribution is 14.1. The molecule has 1 rings (SSSR count). The molecule has 0 aliphatic carbocycles. The van der Waals surface area contributed by atoms with E-state index in [1.54, 1.807) is 6.92 Å². The minimum absolute atomic E-state index is 0.125. The van der Waals surface area contributed by atoms with Gasteiger partial charge in [-0.3, -0.25) is 9.59 Å². The Kier molecular flexibility index (Phi) is 4.71. The summed E-state index contributed by atoms with van der Waals surface area (Å²) in [5.74, 6) is 0.295. The van der Waals surface area contributed by atoms with Crippen molar-refractivity contribution in [1.29, 1.82) is 0 Å². The highest BCUT2D eigenvalue weighted by Gasteiger charge is 2.14. The molecule has 0 radical (unpaired) electrons. The van der Waals surface area contributed by atoms with E-state index in [0.29, 0.717) is 15.9 Å². The summed E-state index contributed by atoms with van der Waals surface area (Å²) < 4.78 is 0.441. The number of aromatic amines is 1. The first-order chi connectivity index (χ1) is 7.56. The highest BCUT2D eigenvalue weighted by atomic mass is 127. The maximum absolute atomic E-state index is 11.5. The summed E-state index contributed by atoms with van der Waals surface area (Å²) in [4.78, 5) is 29.1. The van der Waals surface area contributed by atoms with Gasteiger partial charge in [-0.1, -0.05) is 0 Å². The normalized spacial score (nSPS) is 11.9. The van der Waals surface area contributed by atoms with E-state index in [9.17, 15) is 9.59 Å². The smallest absolute Gasteiger partial charge is 0.266 e. The van der Waals surface area contributed by atoms with E-state index in [1.807, 2.05) is 29.5 Å². The second-order valence-electron chi connectivity index (χ2n) is 3.15. The average Bonchev–Trinajstić information content (AvgIpc) is 2.25. The first-order valence-corrected chi connectivity index (χ1v) is 5.91. The van der Waals surface area contributed by atoms with Crippen molar-refractivity contribution < 1.29 is 4.79 Å². The predicted molar refractivity (Wildman–Crippen MR) is 69.3 cm³/mol. The number of nitrogens with zero attached hydrogens (tertiary/aromatic N) is 1. The molecule has 0 spiro atoms. The quantitative estimate of drug-likeness (QED) is 0.691. The number of aromatic nitrogens is 2. The molecule has 1 unspecified atom stereocenters. The third-order valence-corrected chi connectivity index (χ3v) is 2.89. The number of amides is 1. The maximum Gasteiger partial charge on any atom is 0.266 e. The molecule has 1 heterocycles. The standard InChI is InChI=1S/C9H13IN4O2/c1-3-11-8(15)5(2)14-7-6(10)9(16)13-4-12-7/h4-5H,3H2,1-2H3,(H,11,15)(H2,12,13,14,16). The maximum atomic E-state index is 11.5. The molecular formula is C9H13IN4O2. The average molecular weight is 336 g/mol. The van der Waals surface area contributed by atoms with E-state index in [4.69, 9.17) is 0 Å². The minimum atomic E-state index is -0.428. The molecule has 1 atom stereocenters. The fraction of sp³-hybridized carbons (Fsp3) is 0.444. The lowest BCUT2D eigenvalue weighted by atomic mass is 10.3. The van der Waals surface area contributed by atoms with Crippen molar-refractivity contribution in [2.45, 2.75) is 19.9 Å². The fourth-order valence-corrected chi connectivity index (χ4v) is 1.53. The first kappa shape index (κ1) is 12.9. The van der Waals surface area contributed by atoms with E-state index in [1.165, 1.54) is 6.33 Å². The second-order valence-corrected chi connectivity index (χ2v) is 4.23. The molecule has 0 fully saturated rings. The molecule has 1 aromatic rings. The fourth-order valence-electron chi connectivity index (χ4n) is 1.08. The molecule has 0 aliphatic heterocycles. The zero-order valence-corrected chi connectivity index (χ0v) is 11.2. The van der Waals surface area contributed by atoms with Crippen molar-refractivity contribution in [3.8, 4) is 0 Å². The summed E-state index contributed by atoms with van der Waals surface area (Å²) in [6, 6.07) is -0.428. The largest absolute Gasteiger partial charge is 0.358 e. The van der Waals surface area contributed by atoms with Crippen LogP contribution in [0.4, 0.5) is 5.82 Å². The van der Waals surface area contributed by atoms with Gasteiger partial charge in [0.1, 0.15) is 15.4 Å². The second kappa shape index (κ2) is 5.83. The first-order valence-electron chi connectivity index (χ1n) is 4.83. The van der Waals surface area contributed by atoms with Gasteiger partial charge in [-0.15, -0.1) is 0 Å². The van der Waals surface area contributed by atoms with Crippen molar-refractivity contribution in [2.75, 3.05) is 11.9 Å². The Morgan fingerprint density at radius 3 is 3.00 bits per heavy atom. The number of hydrogen-bond acceptors (Lipinski definition) is 4. The van der Waals surface area contributed by atoms with Crippen LogP contribution in [0, 0.1) is 3.57 Å². The van der Waals surface area contributed by atoms with Crippen molar-refractivity contribution in [3.05, 3.63) is 20.3 Å². The minimum Gasteiger partial charge on any atom is -0.358 e. The summed E-state index contributed by atoms with van der Waals surface area (Å²) in [5, 5.41) is 5.57. The number of hydrogen-bond donors (Lipinski definition) is 3. The number of carbonyl (C=O) groups excluding carboxylic acids is 1. The van der Waals surface area contributed by atoms with E-state index in [0.717, 1.165) is 0 Å². The molecule has 0 saturated heterocycles. The topological polar surface area (TPSA) is 86.9 Å². The van der Waals surface area contributed by atoms with Crippen LogP contribution in [-0.2, 0) is 4.79 Å². The number of anilines is 1. The van der Waals surface area contributed by atoms with Crippen LogP contribution in [0.1, 0.15) is 13.8 Å². The van der Waals surface area contributed by atoms with Crippen LogP contribution in [0.2, 0.25) is 0 Å². The molecule has 6 nitrogen and oxygen atoms in total. The number of likely N-dealkylation sites (N-methyl/N-ethyl adjacent to an activating group) is 1. The predicted octanol–water partition coefficient (Wildman–Crippen LogP) is 0.311. The lowest BCUT2D eigenvalue weighted by Crippen LogP contribution is -2.38. The Labute approximate surface area is 106 Å². The van der Waals surface area contributed by atoms with Crippen LogP contribution in [0.25, 0.3) is 0 Å². The molecular weight excluding hydrogens is 323 g/mol. The summed E-state index contributed by atoms with van der Waals surface area (Å²) >= 11 is 1.88. The van der Waals surface area contributed by atoms with Crippen LogP contribution < -0.4 is 16.2 Å². The van der Waals surface area contributed by atoms with Crippen LogP contribution in [-0.4, -0.2) is 28.5 Å². The molecule has 1 aromatic heterocycles. The Balaban J connectivity index is 2.77. The van der Waals surface area contributed by atoms with Gasteiger partial charge in [0.2, 0.25) is 5.91 Å². The highest BCUT2D eigenvalue weighted by Crippen LogP contribution is 2.09. The number of carbonyl (C=O) groups is 1. The number of halogens is 1. The Hall–Kier alpha value is -1.12.